The topological polar surface area (TPSA) is 115 Å². The summed E-state index contributed by atoms with van der Waals surface area (Å²) >= 11 is 1.22. The highest BCUT2D eigenvalue weighted by molar-refractivity contribution is 8.15. The lowest BCUT2D eigenvalue weighted by Crippen LogP contribution is -2.35. The second-order valence-electron chi connectivity index (χ2n) is 7.96. The Balaban J connectivity index is 1.25. The molecule has 0 bridgehead atoms. The van der Waals surface area contributed by atoms with Gasteiger partial charge < -0.3 is 14.2 Å². The van der Waals surface area contributed by atoms with E-state index >= 15 is 0 Å². The third kappa shape index (κ3) is 4.38. The molecular formula is C22H20N4O5S2. The molecular weight excluding hydrogens is 464 g/mol. The summed E-state index contributed by atoms with van der Waals surface area (Å²) in [5, 5.41) is 4.37. The summed E-state index contributed by atoms with van der Waals surface area (Å²) in [6.45, 7) is 4.43. The van der Waals surface area contributed by atoms with E-state index in [2.05, 4.69) is 28.4 Å². The highest BCUT2D eigenvalue weighted by Crippen LogP contribution is 2.42. The number of benzene rings is 2. The first-order valence-corrected chi connectivity index (χ1v) is 12.7. The standard InChI is InChI=1S/C22H20N4O5S2/c1-13(2)14-3-5-15(6-4-14)20-23-19(31-24-20)12-30-21(27)16-7-8-17-18(11-16)32-22-25-33(28,29)10-9-26(17)22/h3-8,11,13H,9-10,12H2,1-2H3. The van der Waals surface area contributed by atoms with Gasteiger partial charge in [-0.3, -0.25) is 0 Å². The molecule has 0 fully saturated rings. The van der Waals surface area contributed by atoms with Gasteiger partial charge in [0.15, 0.2) is 11.8 Å². The summed E-state index contributed by atoms with van der Waals surface area (Å²) in [6, 6.07) is 13.0. The van der Waals surface area contributed by atoms with Gasteiger partial charge in [-0.1, -0.05) is 43.3 Å². The predicted octanol–water partition coefficient (Wildman–Crippen LogP) is 3.83. The van der Waals surface area contributed by atoms with E-state index in [0.717, 1.165) is 16.1 Å². The fourth-order valence-electron chi connectivity index (χ4n) is 3.52. The maximum absolute atomic E-state index is 12.6. The number of sulfonamides is 1. The number of carbonyl (C=O) groups is 1. The van der Waals surface area contributed by atoms with Crippen molar-refractivity contribution in [2.24, 2.45) is 4.40 Å². The molecule has 3 aromatic rings. The van der Waals surface area contributed by atoms with Crippen molar-refractivity contribution in [1.82, 2.24) is 10.1 Å². The van der Waals surface area contributed by atoms with Crippen LogP contribution in [0.25, 0.3) is 11.4 Å². The minimum absolute atomic E-state index is 0.0334. The van der Waals surface area contributed by atoms with Crippen LogP contribution in [0.5, 0.6) is 0 Å². The number of aromatic nitrogens is 2. The van der Waals surface area contributed by atoms with Gasteiger partial charge in [0, 0.05) is 17.0 Å². The second-order valence-corrected chi connectivity index (χ2v) is 10.7. The monoisotopic (exact) mass is 484 g/mol. The van der Waals surface area contributed by atoms with Crippen LogP contribution in [0.3, 0.4) is 0 Å². The van der Waals surface area contributed by atoms with Gasteiger partial charge in [-0.05, 0) is 41.4 Å². The molecule has 2 aliphatic rings. The smallest absolute Gasteiger partial charge is 0.338 e. The third-order valence-corrected chi connectivity index (χ3v) is 7.65. The van der Waals surface area contributed by atoms with E-state index in [1.165, 1.54) is 17.3 Å². The molecule has 0 unspecified atom stereocenters. The summed E-state index contributed by atoms with van der Waals surface area (Å²) in [4.78, 5) is 19.4. The molecule has 170 valence electrons. The van der Waals surface area contributed by atoms with Crippen LogP contribution in [-0.2, 0) is 21.4 Å². The zero-order chi connectivity index (χ0) is 23.2. The number of carbonyl (C=O) groups excluding carboxylic acids is 1. The fraction of sp³-hybridized carbons (Fsp3) is 0.273. The number of hydrogen-bond donors (Lipinski definition) is 0. The lowest BCUT2D eigenvalue weighted by Gasteiger charge is -2.22. The molecule has 0 amide bonds. The first kappa shape index (κ1) is 21.7. The van der Waals surface area contributed by atoms with Crippen molar-refractivity contribution in [1.29, 1.82) is 0 Å². The molecule has 9 nitrogen and oxygen atoms in total. The molecule has 11 heteroatoms. The Kier molecular flexibility index (Phi) is 5.45. The SMILES string of the molecule is CC(C)c1ccc(-c2noc(COC(=O)c3ccc4c(c3)SC3=NS(=O)(=O)CCN34)n2)cc1. The molecule has 0 aliphatic carbocycles. The Morgan fingerprint density at radius 3 is 2.76 bits per heavy atom. The quantitative estimate of drug-likeness (QED) is 0.498. The summed E-state index contributed by atoms with van der Waals surface area (Å²) in [5.41, 5.74) is 3.20. The van der Waals surface area contributed by atoms with Crippen molar-refractivity contribution in [3.63, 3.8) is 0 Å². The maximum atomic E-state index is 12.6. The number of fused-ring (bicyclic) bond motifs is 3. The Hall–Kier alpha value is -3.18. The van der Waals surface area contributed by atoms with Crippen molar-refractivity contribution < 1.29 is 22.5 Å². The molecule has 0 radical (unpaired) electrons. The van der Waals surface area contributed by atoms with Crippen LogP contribution >= 0.6 is 11.8 Å². The molecule has 3 heterocycles. The van der Waals surface area contributed by atoms with Crippen molar-refractivity contribution in [2.75, 3.05) is 17.2 Å². The van der Waals surface area contributed by atoms with Gasteiger partial charge in [-0.2, -0.15) is 4.98 Å². The fourth-order valence-corrected chi connectivity index (χ4v) is 5.81. The minimum atomic E-state index is -3.43. The van der Waals surface area contributed by atoms with Gasteiger partial charge in [0.2, 0.25) is 5.82 Å². The van der Waals surface area contributed by atoms with Crippen LogP contribution in [0.1, 0.15) is 41.6 Å². The average Bonchev–Trinajstić information content (AvgIpc) is 3.40. The zero-order valence-corrected chi connectivity index (χ0v) is 19.5. The van der Waals surface area contributed by atoms with E-state index in [9.17, 15) is 13.2 Å². The second kappa shape index (κ2) is 8.31. The summed E-state index contributed by atoms with van der Waals surface area (Å²) in [6.07, 6.45) is 0. The average molecular weight is 485 g/mol. The van der Waals surface area contributed by atoms with Crippen molar-refractivity contribution in [3.05, 3.63) is 59.5 Å². The first-order valence-electron chi connectivity index (χ1n) is 10.3. The Morgan fingerprint density at radius 1 is 1.21 bits per heavy atom. The van der Waals surface area contributed by atoms with Crippen LogP contribution in [0, 0.1) is 0 Å². The van der Waals surface area contributed by atoms with Crippen molar-refractivity contribution >= 4 is 38.6 Å². The molecule has 1 aromatic heterocycles. The minimum Gasteiger partial charge on any atom is -0.452 e. The summed E-state index contributed by atoms with van der Waals surface area (Å²) in [7, 11) is -3.43. The molecule has 0 N–H and O–H groups in total. The van der Waals surface area contributed by atoms with E-state index in [4.69, 9.17) is 9.26 Å². The van der Waals surface area contributed by atoms with Crippen molar-refractivity contribution in [3.8, 4) is 11.4 Å². The predicted molar refractivity (Wildman–Crippen MR) is 124 cm³/mol. The molecule has 0 saturated carbocycles. The van der Waals surface area contributed by atoms with Gasteiger partial charge in [0.25, 0.3) is 15.9 Å². The maximum Gasteiger partial charge on any atom is 0.338 e. The molecule has 0 saturated heterocycles. The number of amidine groups is 1. The van der Waals surface area contributed by atoms with Crippen LogP contribution < -0.4 is 4.90 Å². The molecule has 2 aliphatic heterocycles. The Labute approximate surface area is 194 Å². The molecule has 0 atom stereocenters. The summed E-state index contributed by atoms with van der Waals surface area (Å²) < 4.78 is 37.9. The lowest BCUT2D eigenvalue weighted by atomic mass is 10.0. The van der Waals surface area contributed by atoms with E-state index in [1.807, 2.05) is 29.2 Å². The van der Waals surface area contributed by atoms with E-state index in [1.54, 1.807) is 18.2 Å². The van der Waals surface area contributed by atoms with Crippen LogP contribution in [0.4, 0.5) is 5.69 Å². The number of anilines is 1. The molecule has 2 aromatic carbocycles. The van der Waals surface area contributed by atoms with Gasteiger partial charge in [-0.15, -0.1) is 4.40 Å². The lowest BCUT2D eigenvalue weighted by molar-refractivity contribution is 0.0429. The normalized spacial score (nSPS) is 16.3. The van der Waals surface area contributed by atoms with Gasteiger partial charge >= 0.3 is 5.97 Å². The zero-order valence-electron chi connectivity index (χ0n) is 17.9. The number of esters is 1. The van der Waals surface area contributed by atoms with Crippen LogP contribution in [0.15, 0.2) is 56.3 Å². The first-order chi connectivity index (χ1) is 15.8. The van der Waals surface area contributed by atoms with Gasteiger partial charge in [0.1, 0.15) is 0 Å². The number of ether oxygens (including phenoxy) is 1. The molecule has 5 rings (SSSR count). The number of hydrogen-bond acceptors (Lipinski definition) is 9. The molecule has 0 spiro atoms. The Morgan fingerprint density at radius 2 is 2.00 bits per heavy atom. The third-order valence-electron chi connectivity index (χ3n) is 5.34. The number of thioether (sulfide) groups is 1. The van der Waals surface area contributed by atoms with Crippen LogP contribution in [-0.4, -0.2) is 42.0 Å². The van der Waals surface area contributed by atoms with Gasteiger partial charge in [0.05, 0.1) is 17.0 Å². The number of rotatable bonds is 5. The van der Waals surface area contributed by atoms with Gasteiger partial charge in [-0.25, -0.2) is 13.2 Å². The highest BCUT2D eigenvalue weighted by Gasteiger charge is 2.33. The largest absolute Gasteiger partial charge is 0.452 e. The Bertz CT molecular complexity index is 1360. The molecule has 33 heavy (non-hydrogen) atoms. The summed E-state index contributed by atoms with van der Waals surface area (Å²) in [5.74, 6) is 0.475. The van der Waals surface area contributed by atoms with E-state index in [0.29, 0.717) is 29.0 Å². The van der Waals surface area contributed by atoms with Crippen molar-refractivity contribution in [2.45, 2.75) is 31.3 Å². The van der Waals surface area contributed by atoms with E-state index < -0.39 is 16.0 Å². The highest BCUT2D eigenvalue weighted by atomic mass is 32.2. The number of nitrogens with zero attached hydrogens (tertiary/aromatic N) is 4. The van der Waals surface area contributed by atoms with E-state index in [-0.39, 0.29) is 18.3 Å². The van der Waals surface area contributed by atoms with Crippen LogP contribution in [0.2, 0.25) is 0 Å².